The van der Waals surface area contributed by atoms with Gasteiger partial charge in [-0.2, -0.15) is 4.98 Å². The summed E-state index contributed by atoms with van der Waals surface area (Å²) in [4.78, 5) is 4.43. The molecule has 20 heavy (non-hydrogen) atoms. The van der Waals surface area contributed by atoms with Crippen molar-refractivity contribution >= 4 is 0 Å². The average Bonchev–Trinajstić information content (AvgIpc) is 2.98. The minimum absolute atomic E-state index is 0.224. The predicted molar refractivity (Wildman–Crippen MR) is 76.4 cm³/mol. The quantitative estimate of drug-likeness (QED) is 0.840. The lowest BCUT2D eigenvalue weighted by atomic mass is 9.82. The van der Waals surface area contributed by atoms with E-state index in [9.17, 15) is 0 Å². The van der Waals surface area contributed by atoms with Crippen molar-refractivity contribution < 1.29 is 9.26 Å². The highest BCUT2D eigenvalue weighted by Crippen LogP contribution is 2.29. The van der Waals surface area contributed by atoms with Crippen LogP contribution in [0.2, 0.25) is 0 Å². The van der Waals surface area contributed by atoms with E-state index in [4.69, 9.17) is 15.0 Å². The molecule has 0 atom stereocenters. The molecule has 5 nitrogen and oxygen atoms in total. The van der Waals surface area contributed by atoms with E-state index in [1.165, 1.54) is 0 Å². The fraction of sp³-hybridized carbons (Fsp3) is 0.467. The molecule has 0 spiro atoms. The van der Waals surface area contributed by atoms with Gasteiger partial charge in [0, 0.05) is 6.54 Å². The van der Waals surface area contributed by atoms with Gasteiger partial charge in [-0.05, 0) is 25.0 Å². The van der Waals surface area contributed by atoms with Crippen molar-refractivity contribution in [3.05, 3.63) is 42.0 Å². The van der Waals surface area contributed by atoms with Gasteiger partial charge in [0.1, 0.15) is 5.75 Å². The highest BCUT2D eigenvalue weighted by molar-refractivity contribution is 5.21. The number of hydrogen-bond acceptors (Lipinski definition) is 5. The maximum Gasteiger partial charge on any atom is 0.234 e. The molecule has 2 aromatic rings. The van der Waals surface area contributed by atoms with E-state index < -0.39 is 0 Å². The molecule has 0 saturated carbocycles. The fourth-order valence-electron chi connectivity index (χ4n) is 2.12. The molecule has 0 fully saturated rings. The summed E-state index contributed by atoms with van der Waals surface area (Å²) in [6.07, 6.45) is 1.75. The summed E-state index contributed by atoms with van der Waals surface area (Å²) in [5, 5.41) is 3.97. The van der Waals surface area contributed by atoms with Crippen LogP contribution in [0.4, 0.5) is 0 Å². The van der Waals surface area contributed by atoms with Crippen molar-refractivity contribution in [1.82, 2.24) is 10.1 Å². The van der Waals surface area contributed by atoms with Gasteiger partial charge >= 0.3 is 0 Å². The molecule has 1 aromatic carbocycles. The topological polar surface area (TPSA) is 74.2 Å². The Morgan fingerprint density at radius 1 is 1.20 bits per heavy atom. The molecular formula is C15H21N3O2. The first-order chi connectivity index (χ1) is 9.74. The summed E-state index contributed by atoms with van der Waals surface area (Å²) in [6, 6.07) is 9.57. The molecule has 1 aromatic heterocycles. The Bertz CT molecular complexity index is 513. The molecule has 0 bridgehead atoms. The van der Waals surface area contributed by atoms with Gasteiger partial charge in [-0.25, -0.2) is 0 Å². The van der Waals surface area contributed by atoms with E-state index >= 15 is 0 Å². The monoisotopic (exact) mass is 275 g/mol. The van der Waals surface area contributed by atoms with Gasteiger partial charge in [0.05, 0.1) is 5.41 Å². The first kappa shape index (κ1) is 14.5. The van der Waals surface area contributed by atoms with Crippen LogP contribution in [0.5, 0.6) is 5.75 Å². The summed E-state index contributed by atoms with van der Waals surface area (Å²) >= 11 is 0. The molecule has 2 N–H and O–H groups in total. The lowest BCUT2D eigenvalue weighted by Crippen LogP contribution is -2.34. The predicted octanol–water partition coefficient (Wildman–Crippen LogP) is 2.67. The van der Waals surface area contributed by atoms with E-state index in [2.05, 4.69) is 24.0 Å². The van der Waals surface area contributed by atoms with Gasteiger partial charge in [-0.1, -0.05) is 37.2 Å². The first-order valence-electron chi connectivity index (χ1n) is 6.95. The van der Waals surface area contributed by atoms with Crippen LogP contribution in [0.1, 0.15) is 38.4 Å². The molecule has 0 saturated heterocycles. The van der Waals surface area contributed by atoms with Crippen molar-refractivity contribution in [1.29, 1.82) is 0 Å². The van der Waals surface area contributed by atoms with Crippen molar-refractivity contribution in [2.45, 2.75) is 38.7 Å². The highest BCUT2D eigenvalue weighted by Gasteiger charge is 2.33. The minimum atomic E-state index is -0.224. The van der Waals surface area contributed by atoms with Crippen LogP contribution < -0.4 is 10.5 Å². The zero-order chi connectivity index (χ0) is 14.4. The molecule has 0 unspecified atom stereocenters. The Morgan fingerprint density at radius 3 is 2.50 bits per heavy atom. The first-order valence-corrected chi connectivity index (χ1v) is 6.95. The summed E-state index contributed by atoms with van der Waals surface area (Å²) in [7, 11) is 0. The summed E-state index contributed by atoms with van der Waals surface area (Å²) in [5.74, 6) is 1.94. The number of nitrogens with zero attached hydrogens (tertiary/aromatic N) is 2. The molecule has 0 aliphatic heterocycles. The van der Waals surface area contributed by atoms with Gasteiger partial charge < -0.3 is 15.0 Å². The third kappa shape index (κ3) is 2.99. The van der Waals surface area contributed by atoms with Crippen LogP contribution in [-0.4, -0.2) is 16.7 Å². The Labute approximate surface area is 119 Å². The van der Waals surface area contributed by atoms with Gasteiger partial charge in [-0.3, -0.25) is 0 Å². The number of hydrogen-bond donors (Lipinski definition) is 1. The van der Waals surface area contributed by atoms with Crippen molar-refractivity contribution in [3.8, 4) is 5.75 Å². The van der Waals surface area contributed by atoms with Gasteiger partial charge in [0.15, 0.2) is 6.61 Å². The molecule has 2 rings (SSSR count). The zero-order valence-corrected chi connectivity index (χ0v) is 12.0. The largest absolute Gasteiger partial charge is 0.485 e. The van der Waals surface area contributed by atoms with Crippen LogP contribution >= 0.6 is 0 Å². The maximum atomic E-state index is 5.88. The second-order valence-electron chi connectivity index (χ2n) is 4.81. The van der Waals surface area contributed by atoms with Gasteiger partial charge in [-0.15, -0.1) is 0 Å². The second kappa shape index (κ2) is 6.52. The standard InChI is InChI=1S/C15H21N3O2/c1-3-15(4-2,11-16)14-17-13(18-20-14)10-19-12-8-6-5-7-9-12/h5-9H,3-4,10-11,16H2,1-2H3. The molecular weight excluding hydrogens is 254 g/mol. The third-order valence-electron chi connectivity index (χ3n) is 3.78. The number of aromatic nitrogens is 2. The summed E-state index contributed by atoms with van der Waals surface area (Å²) in [5.41, 5.74) is 5.65. The van der Waals surface area contributed by atoms with Crippen LogP contribution in [0.3, 0.4) is 0 Å². The van der Waals surface area contributed by atoms with E-state index in [-0.39, 0.29) is 5.41 Å². The number of para-hydroxylation sites is 1. The number of nitrogens with two attached hydrogens (primary N) is 1. The van der Waals surface area contributed by atoms with E-state index in [1.54, 1.807) is 0 Å². The van der Waals surface area contributed by atoms with Crippen molar-refractivity contribution in [3.63, 3.8) is 0 Å². The van der Waals surface area contributed by atoms with Crippen molar-refractivity contribution in [2.75, 3.05) is 6.54 Å². The average molecular weight is 275 g/mol. The summed E-state index contributed by atoms with van der Waals surface area (Å²) in [6.45, 7) is 4.96. The third-order valence-corrected chi connectivity index (χ3v) is 3.78. The summed E-state index contributed by atoms with van der Waals surface area (Å²) < 4.78 is 11.0. The number of rotatable bonds is 7. The van der Waals surface area contributed by atoms with E-state index in [0.717, 1.165) is 18.6 Å². The highest BCUT2D eigenvalue weighted by atomic mass is 16.5. The molecule has 0 amide bonds. The van der Waals surface area contributed by atoms with E-state index in [1.807, 2.05) is 30.3 Å². The van der Waals surface area contributed by atoms with Crippen LogP contribution in [0.15, 0.2) is 34.9 Å². The molecule has 5 heteroatoms. The van der Waals surface area contributed by atoms with Crippen LogP contribution in [0.25, 0.3) is 0 Å². The Hall–Kier alpha value is -1.88. The fourth-order valence-corrected chi connectivity index (χ4v) is 2.12. The number of benzene rings is 1. The molecule has 1 heterocycles. The maximum absolute atomic E-state index is 5.88. The Kier molecular flexibility index (Phi) is 4.74. The normalized spacial score (nSPS) is 11.6. The van der Waals surface area contributed by atoms with Gasteiger partial charge in [0.25, 0.3) is 0 Å². The SMILES string of the molecule is CCC(CC)(CN)c1nc(COc2ccccc2)no1. The van der Waals surface area contributed by atoms with E-state index in [0.29, 0.717) is 24.9 Å². The zero-order valence-electron chi connectivity index (χ0n) is 12.0. The Balaban J connectivity index is 2.05. The van der Waals surface area contributed by atoms with Crippen LogP contribution in [0, 0.1) is 0 Å². The molecule has 0 radical (unpaired) electrons. The molecule has 0 aliphatic carbocycles. The molecule has 0 aliphatic rings. The minimum Gasteiger partial charge on any atom is -0.485 e. The molecule has 108 valence electrons. The van der Waals surface area contributed by atoms with Crippen LogP contribution in [-0.2, 0) is 12.0 Å². The Morgan fingerprint density at radius 2 is 1.90 bits per heavy atom. The van der Waals surface area contributed by atoms with Crippen molar-refractivity contribution in [2.24, 2.45) is 5.73 Å². The number of ether oxygens (including phenoxy) is 1. The second-order valence-corrected chi connectivity index (χ2v) is 4.81. The van der Waals surface area contributed by atoms with Gasteiger partial charge in [0.2, 0.25) is 11.7 Å². The lowest BCUT2D eigenvalue weighted by molar-refractivity contribution is 0.259. The lowest BCUT2D eigenvalue weighted by Gasteiger charge is -2.24. The smallest absolute Gasteiger partial charge is 0.234 e.